The molecule has 0 aromatic rings. The SMILES string of the molecule is COCCCC1(O)CCC(=O)CC1. The average Bonchev–Trinajstić information content (AvgIpc) is 2.12. The van der Waals surface area contributed by atoms with E-state index in [-0.39, 0.29) is 5.78 Å². The maximum Gasteiger partial charge on any atom is 0.133 e. The Balaban J connectivity index is 2.26. The lowest BCUT2D eigenvalue weighted by molar-refractivity contribution is -0.125. The summed E-state index contributed by atoms with van der Waals surface area (Å²) in [5.74, 6) is 0.288. The van der Waals surface area contributed by atoms with Gasteiger partial charge in [0.1, 0.15) is 5.78 Å². The molecule has 0 saturated heterocycles. The van der Waals surface area contributed by atoms with Crippen LogP contribution in [0.25, 0.3) is 0 Å². The summed E-state index contributed by atoms with van der Waals surface area (Å²) >= 11 is 0. The van der Waals surface area contributed by atoms with Crippen LogP contribution in [0, 0.1) is 0 Å². The Morgan fingerprint density at radius 3 is 2.62 bits per heavy atom. The Bertz CT molecular complexity index is 167. The molecule has 0 heterocycles. The number of aliphatic hydroxyl groups is 1. The first-order chi connectivity index (χ1) is 6.16. The molecule has 0 bridgehead atoms. The van der Waals surface area contributed by atoms with Crippen molar-refractivity contribution in [3.05, 3.63) is 0 Å². The zero-order chi connectivity index (χ0) is 9.73. The van der Waals surface area contributed by atoms with E-state index in [1.165, 1.54) is 0 Å². The predicted octanol–water partition coefficient (Wildman–Crippen LogP) is 1.29. The minimum atomic E-state index is -0.591. The van der Waals surface area contributed by atoms with Gasteiger partial charge in [-0.25, -0.2) is 0 Å². The van der Waals surface area contributed by atoms with Gasteiger partial charge in [0.15, 0.2) is 0 Å². The zero-order valence-corrected chi connectivity index (χ0v) is 8.21. The summed E-state index contributed by atoms with van der Waals surface area (Å²) in [6.45, 7) is 0.691. The molecule has 0 radical (unpaired) electrons. The van der Waals surface area contributed by atoms with Crippen LogP contribution in [0.5, 0.6) is 0 Å². The molecule has 0 atom stereocenters. The van der Waals surface area contributed by atoms with Gasteiger partial charge < -0.3 is 9.84 Å². The molecule has 1 rings (SSSR count). The van der Waals surface area contributed by atoms with Crippen molar-refractivity contribution in [3.63, 3.8) is 0 Å². The molecule has 0 amide bonds. The number of ketones is 1. The third-order valence-electron chi connectivity index (χ3n) is 2.73. The van der Waals surface area contributed by atoms with Crippen LogP contribution < -0.4 is 0 Å². The van der Waals surface area contributed by atoms with Crippen molar-refractivity contribution >= 4 is 5.78 Å². The molecule has 0 spiro atoms. The second-order valence-corrected chi connectivity index (χ2v) is 3.86. The van der Waals surface area contributed by atoms with Crippen molar-refractivity contribution < 1.29 is 14.6 Å². The summed E-state index contributed by atoms with van der Waals surface area (Å²) in [5.41, 5.74) is -0.591. The fourth-order valence-corrected chi connectivity index (χ4v) is 1.79. The molecule has 1 aliphatic rings. The Hall–Kier alpha value is -0.410. The van der Waals surface area contributed by atoms with Gasteiger partial charge in [0.05, 0.1) is 5.60 Å². The lowest BCUT2D eigenvalue weighted by Crippen LogP contribution is -2.34. The van der Waals surface area contributed by atoms with E-state index in [0.717, 1.165) is 12.8 Å². The molecule has 0 unspecified atom stereocenters. The highest BCUT2D eigenvalue weighted by Gasteiger charge is 2.31. The van der Waals surface area contributed by atoms with Crippen molar-refractivity contribution in [2.24, 2.45) is 0 Å². The summed E-state index contributed by atoms with van der Waals surface area (Å²) in [5, 5.41) is 10.0. The molecule has 1 saturated carbocycles. The summed E-state index contributed by atoms with van der Waals surface area (Å²) < 4.78 is 4.92. The molecule has 1 N–H and O–H groups in total. The van der Waals surface area contributed by atoms with E-state index < -0.39 is 5.60 Å². The Labute approximate surface area is 79.1 Å². The van der Waals surface area contributed by atoms with E-state index >= 15 is 0 Å². The van der Waals surface area contributed by atoms with Crippen LogP contribution in [0.15, 0.2) is 0 Å². The van der Waals surface area contributed by atoms with Gasteiger partial charge in [-0.05, 0) is 25.7 Å². The third-order valence-corrected chi connectivity index (χ3v) is 2.73. The maximum atomic E-state index is 10.9. The van der Waals surface area contributed by atoms with E-state index in [1.54, 1.807) is 7.11 Å². The van der Waals surface area contributed by atoms with E-state index in [1.807, 2.05) is 0 Å². The van der Waals surface area contributed by atoms with Crippen molar-refractivity contribution in [3.8, 4) is 0 Å². The van der Waals surface area contributed by atoms with Gasteiger partial charge in [-0.15, -0.1) is 0 Å². The van der Waals surface area contributed by atoms with Gasteiger partial charge in [-0.2, -0.15) is 0 Å². The molecule has 0 aliphatic heterocycles. The molecule has 13 heavy (non-hydrogen) atoms. The lowest BCUT2D eigenvalue weighted by atomic mass is 9.81. The minimum absolute atomic E-state index is 0.288. The fourth-order valence-electron chi connectivity index (χ4n) is 1.79. The van der Waals surface area contributed by atoms with Gasteiger partial charge in [0.25, 0.3) is 0 Å². The van der Waals surface area contributed by atoms with Gasteiger partial charge >= 0.3 is 0 Å². The quantitative estimate of drug-likeness (QED) is 0.673. The maximum absolute atomic E-state index is 10.9. The first-order valence-electron chi connectivity index (χ1n) is 4.89. The van der Waals surface area contributed by atoms with Crippen LogP contribution in [0.2, 0.25) is 0 Å². The van der Waals surface area contributed by atoms with Crippen molar-refractivity contribution in [1.82, 2.24) is 0 Å². The molecule has 1 fully saturated rings. The number of ether oxygens (including phenoxy) is 1. The van der Waals surface area contributed by atoms with E-state index in [2.05, 4.69) is 0 Å². The summed E-state index contributed by atoms with van der Waals surface area (Å²) in [4.78, 5) is 10.9. The number of hydrogen-bond donors (Lipinski definition) is 1. The molecule has 3 nitrogen and oxygen atoms in total. The van der Waals surface area contributed by atoms with Crippen molar-refractivity contribution in [2.45, 2.75) is 44.1 Å². The number of Topliss-reactive ketones (excluding diaryl/α,β-unsaturated/α-hetero) is 1. The second-order valence-electron chi connectivity index (χ2n) is 3.86. The first kappa shape index (κ1) is 10.7. The predicted molar refractivity (Wildman–Crippen MR) is 49.5 cm³/mol. The summed E-state index contributed by atoms with van der Waals surface area (Å²) in [7, 11) is 1.66. The minimum Gasteiger partial charge on any atom is -0.390 e. The summed E-state index contributed by atoms with van der Waals surface area (Å²) in [6.07, 6.45) is 3.99. The van der Waals surface area contributed by atoms with Crippen LogP contribution in [0.1, 0.15) is 38.5 Å². The van der Waals surface area contributed by atoms with Gasteiger partial charge in [0, 0.05) is 26.6 Å². The fraction of sp³-hybridized carbons (Fsp3) is 0.900. The number of rotatable bonds is 4. The molecule has 76 valence electrons. The van der Waals surface area contributed by atoms with Gasteiger partial charge in [-0.3, -0.25) is 4.79 Å². The highest BCUT2D eigenvalue weighted by Crippen LogP contribution is 2.30. The van der Waals surface area contributed by atoms with Crippen molar-refractivity contribution in [1.29, 1.82) is 0 Å². The smallest absolute Gasteiger partial charge is 0.133 e. The van der Waals surface area contributed by atoms with E-state index in [0.29, 0.717) is 32.3 Å². The Morgan fingerprint density at radius 2 is 2.08 bits per heavy atom. The Kier molecular flexibility index (Phi) is 3.88. The number of methoxy groups -OCH3 is 1. The molecule has 0 aromatic carbocycles. The number of hydrogen-bond acceptors (Lipinski definition) is 3. The van der Waals surface area contributed by atoms with Crippen LogP contribution in [-0.4, -0.2) is 30.2 Å². The van der Waals surface area contributed by atoms with Crippen molar-refractivity contribution in [2.75, 3.05) is 13.7 Å². The van der Waals surface area contributed by atoms with Gasteiger partial charge in [-0.1, -0.05) is 0 Å². The van der Waals surface area contributed by atoms with E-state index in [9.17, 15) is 9.90 Å². The molecular weight excluding hydrogens is 168 g/mol. The first-order valence-corrected chi connectivity index (χ1v) is 4.89. The third kappa shape index (κ3) is 3.44. The largest absolute Gasteiger partial charge is 0.390 e. The Morgan fingerprint density at radius 1 is 1.46 bits per heavy atom. The highest BCUT2D eigenvalue weighted by molar-refractivity contribution is 5.79. The molecular formula is C10H18O3. The lowest BCUT2D eigenvalue weighted by Gasteiger charge is -2.31. The van der Waals surface area contributed by atoms with Gasteiger partial charge in [0.2, 0.25) is 0 Å². The van der Waals surface area contributed by atoms with Crippen LogP contribution in [0.4, 0.5) is 0 Å². The second kappa shape index (κ2) is 4.72. The highest BCUT2D eigenvalue weighted by atomic mass is 16.5. The molecule has 3 heteroatoms. The van der Waals surface area contributed by atoms with Crippen LogP contribution in [-0.2, 0) is 9.53 Å². The monoisotopic (exact) mass is 186 g/mol. The average molecular weight is 186 g/mol. The topological polar surface area (TPSA) is 46.5 Å². The number of carbonyl (C=O) groups is 1. The van der Waals surface area contributed by atoms with Crippen LogP contribution >= 0.6 is 0 Å². The normalized spacial score (nSPS) is 21.8. The van der Waals surface area contributed by atoms with E-state index in [4.69, 9.17) is 4.74 Å². The zero-order valence-electron chi connectivity index (χ0n) is 8.21. The van der Waals surface area contributed by atoms with Crippen LogP contribution in [0.3, 0.4) is 0 Å². The molecule has 1 aliphatic carbocycles. The molecule has 0 aromatic heterocycles. The standard InChI is InChI=1S/C10H18O3/c1-13-8-2-5-10(12)6-3-9(11)4-7-10/h12H,2-8H2,1H3. The number of carbonyl (C=O) groups excluding carboxylic acids is 1. The summed E-state index contributed by atoms with van der Waals surface area (Å²) in [6, 6.07) is 0.